The smallest absolute Gasteiger partial charge is 0.122 e. The Morgan fingerprint density at radius 2 is 2.00 bits per heavy atom. The molecule has 0 heterocycles. The Morgan fingerprint density at radius 1 is 1.42 bits per heavy atom. The third-order valence-corrected chi connectivity index (χ3v) is 1.76. The van der Waals surface area contributed by atoms with E-state index in [9.17, 15) is 10.2 Å². The molecule has 2 nitrogen and oxygen atoms in total. The molecule has 0 fully saturated rings. The maximum atomic E-state index is 9.46. The molecular formula is C10H18O2. The molecule has 70 valence electrons. The summed E-state index contributed by atoms with van der Waals surface area (Å²) < 4.78 is 0. The first kappa shape index (κ1) is 11.5. The highest BCUT2D eigenvalue weighted by Gasteiger charge is 2.12. The van der Waals surface area contributed by atoms with Crippen LogP contribution in [0.25, 0.3) is 0 Å². The van der Waals surface area contributed by atoms with E-state index in [-0.39, 0.29) is 0 Å². The van der Waals surface area contributed by atoms with E-state index in [1.54, 1.807) is 6.92 Å². The summed E-state index contributed by atoms with van der Waals surface area (Å²) in [4.78, 5) is 0. The van der Waals surface area contributed by atoms with Crippen molar-refractivity contribution >= 4 is 0 Å². The lowest BCUT2D eigenvalue weighted by atomic mass is 10.0. The van der Waals surface area contributed by atoms with Crippen molar-refractivity contribution in [1.29, 1.82) is 0 Å². The molecule has 0 aromatic rings. The van der Waals surface area contributed by atoms with Gasteiger partial charge in [0.2, 0.25) is 0 Å². The Hall–Kier alpha value is -0.520. The summed E-state index contributed by atoms with van der Waals surface area (Å²) in [6.45, 7) is 5.50. The largest absolute Gasteiger partial charge is 0.380 e. The van der Waals surface area contributed by atoms with Gasteiger partial charge in [0, 0.05) is 0 Å². The van der Waals surface area contributed by atoms with Gasteiger partial charge in [0.1, 0.15) is 11.7 Å². The molecule has 0 amide bonds. The van der Waals surface area contributed by atoms with Crippen LogP contribution in [0, 0.1) is 11.8 Å². The number of aliphatic hydroxyl groups is 2. The third-order valence-electron chi connectivity index (χ3n) is 1.76. The molecule has 0 aliphatic rings. The molecule has 2 unspecified atom stereocenters. The van der Waals surface area contributed by atoms with Crippen molar-refractivity contribution in [2.75, 3.05) is 0 Å². The van der Waals surface area contributed by atoms with Gasteiger partial charge in [-0.15, -0.1) is 0 Å². The van der Waals surface area contributed by atoms with Gasteiger partial charge in [-0.1, -0.05) is 32.1 Å². The molecule has 0 rings (SSSR count). The zero-order valence-electron chi connectivity index (χ0n) is 8.09. The van der Waals surface area contributed by atoms with Gasteiger partial charge in [-0.25, -0.2) is 0 Å². The van der Waals surface area contributed by atoms with Gasteiger partial charge in [0.05, 0.1) is 0 Å². The van der Waals surface area contributed by atoms with Crippen LogP contribution < -0.4 is 0 Å². The lowest BCUT2D eigenvalue weighted by Crippen LogP contribution is -2.20. The van der Waals surface area contributed by atoms with Crippen molar-refractivity contribution < 1.29 is 10.2 Å². The van der Waals surface area contributed by atoms with Gasteiger partial charge in [0.25, 0.3) is 0 Å². The molecule has 0 aliphatic heterocycles. The van der Waals surface area contributed by atoms with Crippen molar-refractivity contribution in [3.8, 4) is 11.8 Å². The predicted molar refractivity (Wildman–Crippen MR) is 49.6 cm³/mol. The monoisotopic (exact) mass is 170 g/mol. The van der Waals surface area contributed by atoms with Crippen molar-refractivity contribution in [1.82, 2.24) is 0 Å². The molecule has 0 bridgehead atoms. The zero-order valence-corrected chi connectivity index (χ0v) is 8.09. The van der Waals surface area contributed by atoms with E-state index in [1.807, 2.05) is 13.8 Å². The second kappa shape index (κ2) is 5.18. The minimum atomic E-state index is -0.950. The number of hydrogen-bond acceptors (Lipinski definition) is 2. The van der Waals surface area contributed by atoms with Gasteiger partial charge in [-0.05, 0) is 19.8 Å². The van der Waals surface area contributed by atoms with Crippen LogP contribution in [0.3, 0.4) is 0 Å². The van der Waals surface area contributed by atoms with Crippen LogP contribution in [-0.2, 0) is 0 Å². The number of rotatable bonds is 3. The standard InChI is InChI=1S/C10H18O2/c1-4-6-9(11)7-8-10(3,12)5-2/h9,11-12H,4-6H2,1-3H3. The normalized spacial score (nSPS) is 17.4. The van der Waals surface area contributed by atoms with Crippen LogP contribution >= 0.6 is 0 Å². The molecular weight excluding hydrogens is 152 g/mol. The van der Waals surface area contributed by atoms with E-state index in [0.717, 1.165) is 6.42 Å². The number of hydrogen-bond donors (Lipinski definition) is 2. The average Bonchev–Trinajstić information content (AvgIpc) is 2.02. The van der Waals surface area contributed by atoms with Gasteiger partial charge in [0.15, 0.2) is 0 Å². The molecule has 0 saturated carbocycles. The SMILES string of the molecule is CCCC(O)C#CC(C)(O)CC. The Bertz CT molecular complexity index is 174. The molecule has 0 radical (unpaired) electrons. The minimum absolute atomic E-state index is 0.582. The maximum Gasteiger partial charge on any atom is 0.122 e. The quantitative estimate of drug-likeness (QED) is 0.627. The molecule has 0 aliphatic carbocycles. The van der Waals surface area contributed by atoms with E-state index in [4.69, 9.17) is 0 Å². The zero-order chi connectivity index (χ0) is 9.61. The first-order valence-corrected chi connectivity index (χ1v) is 4.45. The first-order chi connectivity index (χ1) is 5.52. The molecule has 0 saturated heterocycles. The van der Waals surface area contributed by atoms with Crippen LogP contribution in [0.15, 0.2) is 0 Å². The Kier molecular flexibility index (Phi) is 4.96. The molecule has 0 aromatic carbocycles. The van der Waals surface area contributed by atoms with E-state index in [1.165, 1.54) is 0 Å². The van der Waals surface area contributed by atoms with Gasteiger partial charge >= 0.3 is 0 Å². The molecule has 0 aromatic heterocycles. The molecule has 2 heteroatoms. The highest BCUT2D eigenvalue weighted by molar-refractivity contribution is 5.14. The highest BCUT2D eigenvalue weighted by atomic mass is 16.3. The summed E-state index contributed by atoms with van der Waals surface area (Å²) in [5.74, 6) is 5.28. The Morgan fingerprint density at radius 3 is 2.42 bits per heavy atom. The second-order valence-corrected chi connectivity index (χ2v) is 3.20. The Balaban J connectivity index is 4.01. The van der Waals surface area contributed by atoms with Gasteiger partial charge in [-0.2, -0.15) is 0 Å². The third kappa shape index (κ3) is 5.17. The maximum absolute atomic E-state index is 9.46. The fourth-order valence-corrected chi connectivity index (χ4v) is 0.673. The Labute approximate surface area is 74.6 Å². The van der Waals surface area contributed by atoms with Crippen molar-refractivity contribution in [3.05, 3.63) is 0 Å². The lowest BCUT2D eigenvalue weighted by Gasteiger charge is -2.12. The van der Waals surface area contributed by atoms with Crippen LogP contribution in [-0.4, -0.2) is 21.9 Å². The van der Waals surface area contributed by atoms with E-state index < -0.39 is 11.7 Å². The van der Waals surface area contributed by atoms with Gasteiger partial charge < -0.3 is 10.2 Å². The number of aliphatic hydroxyl groups excluding tert-OH is 1. The summed E-state index contributed by atoms with van der Waals surface area (Å²) in [5.41, 5.74) is -0.950. The summed E-state index contributed by atoms with van der Waals surface area (Å²) in [6, 6.07) is 0. The topological polar surface area (TPSA) is 40.5 Å². The van der Waals surface area contributed by atoms with Crippen LogP contribution in [0.5, 0.6) is 0 Å². The van der Waals surface area contributed by atoms with E-state index >= 15 is 0 Å². The lowest BCUT2D eigenvalue weighted by molar-refractivity contribution is 0.117. The fraction of sp³-hybridized carbons (Fsp3) is 0.800. The van der Waals surface area contributed by atoms with Crippen molar-refractivity contribution in [3.63, 3.8) is 0 Å². The summed E-state index contributed by atoms with van der Waals surface area (Å²) in [6.07, 6.45) is 1.57. The van der Waals surface area contributed by atoms with Crippen LogP contribution in [0.1, 0.15) is 40.0 Å². The van der Waals surface area contributed by atoms with Crippen LogP contribution in [0.2, 0.25) is 0 Å². The summed E-state index contributed by atoms with van der Waals surface area (Å²) in [7, 11) is 0. The summed E-state index contributed by atoms with van der Waals surface area (Å²) in [5, 5.41) is 18.7. The summed E-state index contributed by atoms with van der Waals surface area (Å²) >= 11 is 0. The van der Waals surface area contributed by atoms with Crippen molar-refractivity contribution in [2.24, 2.45) is 0 Å². The van der Waals surface area contributed by atoms with Crippen LogP contribution in [0.4, 0.5) is 0 Å². The highest BCUT2D eigenvalue weighted by Crippen LogP contribution is 2.06. The second-order valence-electron chi connectivity index (χ2n) is 3.20. The van der Waals surface area contributed by atoms with Gasteiger partial charge in [-0.3, -0.25) is 0 Å². The van der Waals surface area contributed by atoms with E-state index in [0.29, 0.717) is 12.8 Å². The molecule has 0 spiro atoms. The molecule has 2 N–H and O–H groups in total. The minimum Gasteiger partial charge on any atom is -0.380 e. The fourth-order valence-electron chi connectivity index (χ4n) is 0.673. The molecule has 12 heavy (non-hydrogen) atoms. The predicted octanol–water partition coefficient (Wildman–Crippen LogP) is 1.31. The van der Waals surface area contributed by atoms with Crippen molar-refractivity contribution in [2.45, 2.75) is 51.7 Å². The van der Waals surface area contributed by atoms with E-state index in [2.05, 4.69) is 11.8 Å². The first-order valence-electron chi connectivity index (χ1n) is 4.45. The average molecular weight is 170 g/mol. The molecule has 2 atom stereocenters.